The van der Waals surface area contributed by atoms with Gasteiger partial charge in [0, 0.05) is 12.1 Å². The third kappa shape index (κ3) is 2.23. The first kappa shape index (κ1) is 11.9. The minimum absolute atomic E-state index is 0.221. The molecule has 0 radical (unpaired) electrons. The molecule has 2 fully saturated rings. The SMILES string of the molecule is CCOC(=O)C1(N)CCC(N(C)C2CC2)C1. The molecule has 0 bridgehead atoms. The topological polar surface area (TPSA) is 55.6 Å². The van der Waals surface area contributed by atoms with Gasteiger partial charge in [0.25, 0.3) is 0 Å². The summed E-state index contributed by atoms with van der Waals surface area (Å²) < 4.78 is 5.05. The van der Waals surface area contributed by atoms with Crippen LogP contribution in [0.25, 0.3) is 0 Å². The number of carbonyl (C=O) groups excluding carboxylic acids is 1. The zero-order valence-electron chi connectivity index (χ0n) is 10.2. The van der Waals surface area contributed by atoms with E-state index in [1.54, 1.807) is 0 Å². The van der Waals surface area contributed by atoms with Gasteiger partial charge in [-0.25, -0.2) is 0 Å². The van der Waals surface area contributed by atoms with E-state index in [1.807, 2.05) is 6.92 Å². The molecular formula is C12H22N2O2. The lowest BCUT2D eigenvalue weighted by atomic mass is 9.99. The molecule has 2 unspecified atom stereocenters. The second kappa shape index (κ2) is 4.34. The number of hydrogen-bond donors (Lipinski definition) is 1. The maximum Gasteiger partial charge on any atom is 0.326 e. The summed E-state index contributed by atoms with van der Waals surface area (Å²) in [6.45, 7) is 2.24. The van der Waals surface area contributed by atoms with E-state index in [-0.39, 0.29) is 5.97 Å². The van der Waals surface area contributed by atoms with E-state index in [0.717, 1.165) is 25.3 Å². The Morgan fingerprint density at radius 1 is 1.44 bits per heavy atom. The molecule has 2 rings (SSSR count). The largest absolute Gasteiger partial charge is 0.465 e. The normalized spacial score (nSPS) is 34.4. The van der Waals surface area contributed by atoms with Crippen LogP contribution in [0, 0.1) is 0 Å². The summed E-state index contributed by atoms with van der Waals surface area (Å²) in [7, 11) is 2.15. The van der Waals surface area contributed by atoms with Crippen LogP contribution in [-0.2, 0) is 9.53 Å². The average molecular weight is 226 g/mol. The molecule has 0 amide bonds. The number of esters is 1. The molecule has 0 aromatic carbocycles. The molecule has 4 heteroatoms. The van der Waals surface area contributed by atoms with Crippen molar-refractivity contribution >= 4 is 5.97 Å². The van der Waals surface area contributed by atoms with Gasteiger partial charge in [0.15, 0.2) is 0 Å². The fourth-order valence-corrected chi connectivity index (χ4v) is 2.64. The molecule has 2 saturated carbocycles. The Bertz CT molecular complexity index is 278. The highest BCUT2D eigenvalue weighted by Gasteiger charge is 2.46. The highest BCUT2D eigenvalue weighted by Crippen LogP contribution is 2.36. The monoisotopic (exact) mass is 226 g/mol. The molecule has 4 nitrogen and oxygen atoms in total. The van der Waals surface area contributed by atoms with Crippen molar-refractivity contribution in [2.75, 3.05) is 13.7 Å². The van der Waals surface area contributed by atoms with E-state index in [2.05, 4.69) is 11.9 Å². The first-order valence-corrected chi connectivity index (χ1v) is 6.25. The van der Waals surface area contributed by atoms with Gasteiger partial charge in [0.1, 0.15) is 5.54 Å². The van der Waals surface area contributed by atoms with Crippen molar-refractivity contribution in [2.45, 2.75) is 56.7 Å². The van der Waals surface area contributed by atoms with Crippen LogP contribution in [0.4, 0.5) is 0 Å². The Kier molecular flexibility index (Phi) is 3.22. The molecule has 0 aromatic heterocycles. The molecule has 2 atom stereocenters. The highest BCUT2D eigenvalue weighted by molar-refractivity contribution is 5.81. The fraction of sp³-hybridized carbons (Fsp3) is 0.917. The van der Waals surface area contributed by atoms with Crippen LogP contribution >= 0.6 is 0 Å². The van der Waals surface area contributed by atoms with Crippen LogP contribution in [0.1, 0.15) is 39.0 Å². The number of nitrogens with two attached hydrogens (primary N) is 1. The number of carbonyl (C=O) groups is 1. The van der Waals surface area contributed by atoms with E-state index in [0.29, 0.717) is 12.6 Å². The molecule has 0 aromatic rings. The van der Waals surface area contributed by atoms with Crippen LogP contribution in [0.2, 0.25) is 0 Å². The number of ether oxygens (including phenoxy) is 1. The van der Waals surface area contributed by atoms with Crippen molar-refractivity contribution in [3.63, 3.8) is 0 Å². The van der Waals surface area contributed by atoms with Crippen LogP contribution in [0.5, 0.6) is 0 Å². The maximum atomic E-state index is 11.8. The Labute approximate surface area is 97.1 Å². The zero-order chi connectivity index (χ0) is 11.8. The molecule has 2 aliphatic carbocycles. The van der Waals surface area contributed by atoms with Crippen LogP contribution in [0.15, 0.2) is 0 Å². The zero-order valence-corrected chi connectivity index (χ0v) is 10.2. The van der Waals surface area contributed by atoms with E-state index >= 15 is 0 Å². The van der Waals surface area contributed by atoms with Crippen LogP contribution < -0.4 is 5.73 Å². The minimum atomic E-state index is -0.732. The van der Waals surface area contributed by atoms with E-state index < -0.39 is 5.54 Å². The smallest absolute Gasteiger partial charge is 0.326 e. The molecule has 0 spiro atoms. The molecule has 0 aliphatic heterocycles. The van der Waals surface area contributed by atoms with Crippen LogP contribution in [0.3, 0.4) is 0 Å². The van der Waals surface area contributed by atoms with Crippen molar-refractivity contribution in [2.24, 2.45) is 5.73 Å². The van der Waals surface area contributed by atoms with E-state index in [1.165, 1.54) is 12.8 Å². The van der Waals surface area contributed by atoms with Gasteiger partial charge in [0.2, 0.25) is 0 Å². The van der Waals surface area contributed by atoms with Crippen molar-refractivity contribution in [1.29, 1.82) is 0 Å². The van der Waals surface area contributed by atoms with E-state index in [9.17, 15) is 4.79 Å². The summed E-state index contributed by atoms with van der Waals surface area (Å²) in [5.41, 5.74) is 5.40. The van der Waals surface area contributed by atoms with Gasteiger partial charge < -0.3 is 15.4 Å². The lowest BCUT2D eigenvalue weighted by molar-refractivity contribution is -0.149. The van der Waals surface area contributed by atoms with Gasteiger partial charge in [-0.15, -0.1) is 0 Å². The lowest BCUT2D eigenvalue weighted by Gasteiger charge is -2.26. The Morgan fingerprint density at radius 2 is 2.12 bits per heavy atom. The highest BCUT2D eigenvalue weighted by atomic mass is 16.5. The van der Waals surface area contributed by atoms with Crippen molar-refractivity contribution in [1.82, 2.24) is 4.90 Å². The van der Waals surface area contributed by atoms with Gasteiger partial charge in [-0.3, -0.25) is 4.79 Å². The molecule has 16 heavy (non-hydrogen) atoms. The van der Waals surface area contributed by atoms with Gasteiger partial charge in [-0.2, -0.15) is 0 Å². The molecule has 2 aliphatic rings. The van der Waals surface area contributed by atoms with Crippen molar-refractivity contribution in [3.05, 3.63) is 0 Å². The van der Waals surface area contributed by atoms with Crippen molar-refractivity contribution in [3.8, 4) is 0 Å². The predicted octanol–water partition coefficient (Wildman–Crippen LogP) is 0.894. The Hall–Kier alpha value is -0.610. The number of nitrogens with zero attached hydrogens (tertiary/aromatic N) is 1. The van der Waals surface area contributed by atoms with Gasteiger partial charge in [-0.05, 0) is 46.1 Å². The molecule has 0 heterocycles. The third-order valence-corrected chi connectivity index (χ3v) is 3.90. The van der Waals surface area contributed by atoms with Crippen molar-refractivity contribution < 1.29 is 9.53 Å². The first-order chi connectivity index (χ1) is 7.57. The summed E-state index contributed by atoms with van der Waals surface area (Å²) >= 11 is 0. The second-order valence-corrected chi connectivity index (χ2v) is 5.17. The fourth-order valence-electron chi connectivity index (χ4n) is 2.64. The third-order valence-electron chi connectivity index (χ3n) is 3.90. The second-order valence-electron chi connectivity index (χ2n) is 5.17. The summed E-state index contributed by atoms with van der Waals surface area (Å²) in [6, 6.07) is 1.19. The van der Waals surface area contributed by atoms with Crippen LogP contribution in [-0.4, -0.2) is 42.1 Å². The van der Waals surface area contributed by atoms with Gasteiger partial charge >= 0.3 is 5.97 Å². The number of hydrogen-bond acceptors (Lipinski definition) is 4. The van der Waals surface area contributed by atoms with Gasteiger partial charge in [0.05, 0.1) is 6.61 Å². The minimum Gasteiger partial charge on any atom is -0.465 e. The average Bonchev–Trinajstić information content (AvgIpc) is 3.02. The quantitative estimate of drug-likeness (QED) is 0.723. The van der Waals surface area contributed by atoms with Gasteiger partial charge in [-0.1, -0.05) is 0 Å². The molecule has 92 valence electrons. The molecular weight excluding hydrogens is 204 g/mol. The predicted molar refractivity (Wildman–Crippen MR) is 62.0 cm³/mol. The Balaban J connectivity index is 1.92. The molecule has 0 saturated heterocycles. The molecule has 2 N–H and O–H groups in total. The summed E-state index contributed by atoms with van der Waals surface area (Å²) in [5.74, 6) is -0.221. The standard InChI is InChI=1S/C12H22N2O2/c1-3-16-11(15)12(13)7-6-10(8-12)14(2)9-4-5-9/h9-10H,3-8,13H2,1-2H3. The Morgan fingerprint density at radius 3 is 2.69 bits per heavy atom. The summed E-state index contributed by atoms with van der Waals surface area (Å²) in [6.07, 6.45) is 5.11. The first-order valence-electron chi connectivity index (χ1n) is 6.25. The van der Waals surface area contributed by atoms with E-state index in [4.69, 9.17) is 10.5 Å². The maximum absolute atomic E-state index is 11.8. The number of rotatable bonds is 4. The summed E-state index contributed by atoms with van der Waals surface area (Å²) in [4.78, 5) is 14.2. The lowest BCUT2D eigenvalue weighted by Crippen LogP contribution is -2.48. The summed E-state index contributed by atoms with van der Waals surface area (Å²) in [5, 5.41) is 0.